The van der Waals surface area contributed by atoms with Crippen molar-refractivity contribution < 1.29 is 0 Å². The van der Waals surface area contributed by atoms with Gasteiger partial charge in [0.25, 0.3) is 0 Å². The quantitative estimate of drug-likeness (QED) is 0.771. The van der Waals surface area contributed by atoms with Crippen molar-refractivity contribution in [3.63, 3.8) is 0 Å². The highest BCUT2D eigenvalue weighted by Crippen LogP contribution is 2.29. The van der Waals surface area contributed by atoms with Gasteiger partial charge in [-0.3, -0.25) is 0 Å². The highest BCUT2D eigenvalue weighted by Gasteiger charge is 2.19. The summed E-state index contributed by atoms with van der Waals surface area (Å²) < 4.78 is 2.11. The maximum absolute atomic E-state index is 6.26. The van der Waals surface area contributed by atoms with Crippen LogP contribution in [0, 0.1) is 0 Å². The minimum absolute atomic E-state index is 0.244. The van der Waals surface area contributed by atoms with Gasteiger partial charge < -0.3 is 9.47 Å². The van der Waals surface area contributed by atoms with E-state index in [2.05, 4.69) is 40.7 Å². The molecule has 1 aliphatic rings. The van der Waals surface area contributed by atoms with Gasteiger partial charge in [0, 0.05) is 18.4 Å². The van der Waals surface area contributed by atoms with Gasteiger partial charge in [0.15, 0.2) is 0 Å². The lowest BCUT2D eigenvalue weighted by molar-refractivity contribution is 0.394. The minimum Gasteiger partial charge on any atom is -0.304 e. The summed E-state index contributed by atoms with van der Waals surface area (Å²) in [6.45, 7) is 2.90. The first-order valence-corrected chi connectivity index (χ1v) is 6.10. The van der Waals surface area contributed by atoms with Crippen molar-refractivity contribution >= 4 is 17.3 Å². The molecule has 1 aromatic heterocycles. The molecule has 17 heavy (non-hydrogen) atoms. The fourth-order valence-corrected chi connectivity index (χ4v) is 2.01. The van der Waals surface area contributed by atoms with E-state index in [0.717, 1.165) is 18.7 Å². The number of hydrogen-bond acceptors (Lipinski definition) is 2. The maximum atomic E-state index is 6.26. The normalized spacial score (nSPS) is 24.2. The van der Waals surface area contributed by atoms with Crippen LogP contribution in [0.5, 0.6) is 0 Å². The molecule has 3 nitrogen and oxygen atoms in total. The lowest BCUT2D eigenvalue weighted by atomic mass is 10.0. The second-order valence-electron chi connectivity index (χ2n) is 4.94. The lowest BCUT2D eigenvalue weighted by Crippen LogP contribution is -2.17. The number of imidazole rings is 1. The van der Waals surface area contributed by atoms with E-state index >= 15 is 0 Å². The van der Waals surface area contributed by atoms with Crippen LogP contribution >= 0.6 is 11.6 Å². The Morgan fingerprint density at radius 1 is 1.53 bits per heavy atom. The van der Waals surface area contributed by atoms with E-state index in [4.69, 9.17) is 11.6 Å². The summed E-state index contributed by atoms with van der Waals surface area (Å²) in [5, 5.41) is 0. The van der Waals surface area contributed by atoms with Crippen molar-refractivity contribution in [3.05, 3.63) is 36.4 Å². The van der Waals surface area contributed by atoms with Crippen molar-refractivity contribution in [2.24, 2.45) is 0 Å². The number of alkyl halides is 1. The molecular weight excluding hydrogens is 234 g/mol. The van der Waals surface area contributed by atoms with Crippen LogP contribution in [0.1, 0.15) is 19.0 Å². The molecule has 2 rings (SSSR count). The zero-order chi connectivity index (χ0) is 12.5. The zero-order valence-electron chi connectivity index (χ0n) is 10.5. The van der Waals surface area contributed by atoms with Gasteiger partial charge in [-0.25, -0.2) is 4.98 Å². The largest absolute Gasteiger partial charge is 0.304 e. The summed E-state index contributed by atoms with van der Waals surface area (Å²) in [5.41, 5.74) is 2.33. The number of aromatic nitrogens is 2. The van der Waals surface area contributed by atoms with E-state index in [9.17, 15) is 0 Å². The minimum atomic E-state index is -0.244. The molecule has 0 aromatic carbocycles. The summed E-state index contributed by atoms with van der Waals surface area (Å²) in [4.78, 5) is 6.10. The molecule has 0 amide bonds. The van der Waals surface area contributed by atoms with Crippen molar-refractivity contribution in [2.45, 2.75) is 24.8 Å². The van der Waals surface area contributed by atoms with Crippen LogP contribution < -0.4 is 0 Å². The van der Waals surface area contributed by atoms with E-state index < -0.39 is 0 Å². The molecule has 1 aromatic rings. The van der Waals surface area contributed by atoms with Gasteiger partial charge in [0.1, 0.15) is 0 Å². The molecule has 0 N–H and O–H groups in total. The van der Waals surface area contributed by atoms with Crippen LogP contribution in [0.4, 0.5) is 0 Å². The molecule has 0 bridgehead atoms. The Morgan fingerprint density at radius 3 is 2.88 bits per heavy atom. The monoisotopic (exact) mass is 251 g/mol. The Kier molecular flexibility index (Phi) is 3.40. The van der Waals surface area contributed by atoms with Crippen LogP contribution in [0.15, 0.2) is 30.8 Å². The number of allylic oxidation sites excluding steroid dienone is 4. The van der Waals surface area contributed by atoms with Gasteiger partial charge in [0.05, 0.1) is 16.9 Å². The predicted octanol–water partition coefficient (Wildman–Crippen LogP) is 2.74. The van der Waals surface area contributed by atoms with E-state index in [1.165, 1.54) is 5.69 Å². The summed E-state index contributed by atoms with van der Waals surface area (Å²) in [6.07, 6.45) is 10.9. The molecule has 0 aliphatic heterocycles. The highest BCUT2D eigenvalue weighted by molar-refractivity contribution is 6.25. The van der Waals surface area contributed by atoms with Crippen LogP contribution in [0.2, 0.25) is 0 Å². The van der Waals surface area contributed by atoms with Gasteiger partial charge in [-0.05, 0) is 33.5 Å². The Hall–Kier alpha value is -1.06. The van der Waals surface area contributed by atoms with Crippen LogP contribution in [-0.4, -0.2) is 33.4 Å². The predicted molar refractivity (Wildman–Crippen MR) is 71.9 cm³/mol. The molecule has 1 atom stereocenters. The van der Waals surface area contributed by atoms with Crippen LogP contribution in [0.25, 0.3) is 5.70 Å². The molecule has 1 heterocycles. The molecule has 0 saturated carbocycles. The van der Waals surface area contributed by atoms with Gasteiger partial charge in [-0.15, -0.1) is 11.6 Å². The summed E-state index contributed by atoms with van der Waals surface area (Å²) in [7, 11) is 4.11. The third kappa shape index (κ3) is 2.99. The summed E-state index contributed by atoms with van der Waals surface area (Å²) >= 11 is 6.26. The third-order valence-electron chi connectivity index (χ3n) is 2.78. The maximum Gasteiger partial charge on any atom is 0.0994 e. The molecule has 92 valence electrons. The van der Waals surface area contributed by atoms with Crippen molar-refractivity contribution in [3.8, 4) is 0 Å². The topological polar surface area (TPSA) is 21.1 Å². The molecule has 0 spiro atoms. The first kappa shape index (κ1) is 12.4. The Bertz CT molecular complexity index is 455. The lowest BCUT2D eigenvalue weighted by Gasteiger charge is -2.22. The van der Waals surface area contributed by atoms with Crippen LogP contribution in [0.3, 0.4) is 0 Å². The molecule has 0 fully saturated rings. The van der Waals surface area contributed by atoms with Gasteiger partial charge in [-0.1, -0.05) is 12.2 Å². The molecule has 1 unspecified atom stereocenters. The van der Waals surface area contributed by atoms with E-state index in [0.29, 0.717) is 0 Å². The fraction of sp³-hybridized carbons (Fsp3) is 0.462. The van der Waals surface area contributed by atoms with Crippen LogP contribution in [-0.2, 0) is 6.54 Å². The first-order valence-electron chi connectivity index (χ1n) is 5.72. The summed E-state index contributed by atoms with van der Waals surface area (Å²) in [6, 6.07) is 0. The van der Waals surface area contributed by atoms with Gasteiger partial charge >= 0.3 is 0 Å². The van der Waals surface area contributed by atoms with E-state index in [1.807, 2.05) is 25.5 Å². The smallest absolute Gasteiger partial charge is 0.0994 e. The standard InChI is InChI=1S/C13H18ClN3/c1-13(14)6-4-11(5-7-13)17-10-15-8-12(17)9-16(2)3/h4-6,8,10H,7,9H2,1-3H3. The fourth-order valence-electron chi connectivity index (χ4n) is 1.87. The SMILES string of the molecule is CN(C)Cc1cncn1C1=CCC(C)(Cl)C=C1. The average molecular weight is 252 g/mol. The average Bonchev–Trinajstić information content (AvgIpc) is 2.65. The van der Waals surface area contributed by atoms with Crippen molar-refractivity contribution in [1.29, 1.82) is 0 Å². The van der Waals surface area contributed by atoms with Crippen molar-refractivity contribution in [1.82, 2.24) is 14.5 Å². The molecular formula is C13H18ClN3. The number of hydrogen-bond donors (Lipinski definition) is 0. The van der Waals surface area contributed by atoms with Crippen molar-refractivity contribution in [2.75, 3.05) is 14.1 Å². The molecule has 1 aliphatic carbocycles. The van der Waals surface area contributed by atoms with E-state index in [-0.39, 0.29) is 4.87 Å². The Morgan fingerprint density at radius 2 is 2.29 bits per heavy atom. The Labute approximate surface area is 107 Å². The number of nitrogens with zero attached hydrogens (tertiary/aromatic N) is 3. The molecule has 0 saturated heterocycles. The second kappa shape index (κ2) is 4.67. The summed E-state index contributed by atoms with van der Waals surface area (Å²) in [5.74, 6) is 0. The van der Waals surface area contributed by atoms with Gasteiger partial charge in [0.2, 0.25) is 0 Å². The van der Waals surface area contributed by atoms with E-state index in [1.54, 1.807) is 0 Å². The molecule has 4 heteroatoms. The number of rotatable bonds is 3. The zero-order valence-corrected chi connectivity index (χ0v) is 11.3. The third-order valence-corrected chi connectivity index (χ3v) is 3.06. The second-order valence-corrected chi connectivity index (χ2v) is 5.80. The molecule has 0 radical (unpaired) electrons. The first-order chi connectivity index (χ1) is 7.98. The Balaban J connectivity index is 2.22. The number of halogens is 1. The van der Waals surface area contributed by atoms with Gasteiger partial charge in [-0.2, -0.15) is 0 Å². The highest BCUT2D eigenvalue weighted by atomic mass is 35.5.